The lowest BCUT2D eigenvalue weighted by atomic mass is 9.79. The zero-order chi connectivity index (χ0) is 18.0. The van der Waals surface area contributed by atoms with Crippen LogP contribution in [-0.2, 0) is 16.0 Å². The molecule has 142 valence electrons. The predicted octanol–water partition coefficient (Wildman–Crippen LogP) is 2.06. The summed E-state index contributed by atoms with van der Waals surface area (Å²) in [4.78, 5) is 7.06. The Kier molecular flexibility index (Phi) is 5.27. The van der Waals surface area contributed by atoms with Crippen LogP contribution in [0.2, 0.25) is 0 Å². The normalized spacial score (nSPS) is 29.3. The van der Waals surface area contributed by atoms with Crippen LogP contribution in [0, 0.1) is 0 Å². The largest absolute Gasteiger partial charge is 0.394 e. The number of rotatable bonds is 7. The van der Waals surface area contributed by atoms with Gasteiger partial charge in [0.15, 0.2) is 0 Å². The van der Waals surface area contributed by atoms with Crippen molar-refractivity contribution in [1.29, 1.82) is 0 Å². The highest BCUT2D eigenvalue weighted by Crippen LogP contribution is 2.43. The zero-order valence-electron chi connectivity index (χ0n) is 15.5. The Morgan fingerprint density at radius 3 is 3.00 bits per heavy atom. The lowest BCUT2D eigenvalue weighted by Crippen LogP contribution is -2.52. The van der Waals surface area contributed by atoms with Crippen LogP contribution in [0.25, 0.3) is 11.0 Å². The summed E-state index contributed by atoms with van der Waals surface area (Å²) in [5.41, 5.74) is 2.21. The first-order valence-corrected chi connectivity index (χ1v) is 9.67. The van der Waals surface area contributed by atoms with Crippen LogP contribution in [0.5, 0.6) is 0 Å². The molecule has 2 heterocycles. The van der Waals surface area contributed by atoms with Crippen LogP contribution in [0.15, 0.2) is 30.6 Å². The molecule has 4 rings (SSSR count). The van der Waals surface area contributed by atoms with E-state index in [9.17, 15) is 0 Å². The molecule has 0 unspecified atom stereocenters. The Balaban J connectivity index is 1.44. The van der Waals surface area contributed by atoms with E-state index in [2.05, 4.69) is 32.7 Å². The second-order valence-electron chi connectivity index (χ2n) is 7.49. The number of ether oxygens (including phenoxy) is 2. The standard InChI is InChI=1S/C20H29N3O3/c1-25-20-7-6-16(26-13-12-24)14-19(20)22(9-8-20)10-11-23-15-21-17-4-2-3-5-18(17)23/h2-5,15-16,19,24H,6-14H2,1H3/t16-,19-,20+/m0/s1. The second-order valence-corrected chi connectivity index (χ2v) is 7.49. The first kappa shape index (κ1) is 17.9. The molecule has 1 N–H and O–H groups in total. The molecule has 0 amide bonds. The molecule has 6 nitrogen and oxygen atoms in total. The minimum atomic E-state index is -0.0317. The van der Waals surface area contributed by atoms with Gasteiger partial charge in [-0.3, -0.25) is 4.90 Å². The number of fused-ring (bicyclic) bond motifs is 2. The van der Waals surface area contributed by atoms with Crippen LogP contribution in [0.4, 0.5) is 0 Å². The molecule has 1 saturated carbocycles. The fourth-order valence-corrected chi connectivity index (χ4v) is 4.82. The summed E-state index contributed by atoms with van der Waals surface area (Å²) >= 11 is 0. The van der Waals surface area contributed by atoms with Gasteiger partial charge in [-0.05, 0) is 37.8 Å². The summed E-state index contributed by atoms with van der Waals surface area (Å²) in [6.45, 7) is 3.51. The molecule has 26 heavy (non-hydrogen) atoms. The molecule has 0 bridgehead atoms. The number of aromatic nitrogens is 2. The van der Waals surface area contributed by atoms with Gasteiger partial charge in [0.1, 0.15) is 0 Å². The number of benzene rings is 1. The number of imidazole rings is 1. The Morgan fingerprint density at radius 2 is 2.15 bits per heavy atom. The molecule has 1 aromatic carbocycles. The summed E-state index contributed by atoms with van der Waals surface area (Å²) in [5, 5.41) is 9.04. The van der Waals surface area contributed by atoms with Gasteiger partial charge in [0.2, 0.25) is 0 Å². The molecule has 2 fully saturated rings. The van der Waals surface area contributed by atoms with Gasteiger partial charge < -0.3 is 19.1 Å². The van der Waals surface area contributed by atoms with Crippen LogP contribution in [0.3, 0.4) is 0 Å². The topological polar surface area (TPSA) is 59.8 Å². The van der Waals surface area contributed by atoms with Crippen molar-refractivity contribution in [2.75, 3.05) is 33.4 Å². The van der Waals surface area contributed by atoms with E-state index in [1.807, 2.05) is 19.5 Å². The first-order chi connectivity index (χ1) is 12.8. The summed E-state index contributed by atoms with van der Waals surface area (Å²) in [7, 11) is 1.86. The monoisotopic (exact) mass is 359 g/mol. The third-order valence-electron chi connectivity index (χ3n) is 6.25. The molecular weight excluding hydrogens is 330 g/mol. The molecule has 1 aliphatic heterocycles. The third-order valence-corrected chi connectivity index (χ3v) is 6.25. The number of aliphatic hydroxyl groups excluding tert-OH is 1. The first-order valence-electron chi connectivity index (χ1n) is 9.67. The van der Waals surface area contributed by atoms with Gasteiger partial charge in [-0.1, -0.05) is 12.1 Å². The number of hydrogen-bond acceptors (Lipinski definition) is 5. The number of para-hydroxylation sites is 2. The maximum atomic E-state index is 9.04. The van der Waals surface area contributed by atoms with Gasteiger partial charge in [-0.15, -0.1) is 0 Å². The maximum absolute atomic E-state index is 9.04. The van der Waals surface area contributed by atoms with Crippen LogP contribution in [0.1, 0.15) is 25.7 Å². The number of nitrogens with zero attached hydrogens (tertiary/aromatic N) is 3. The second kappa shape index (κ2) is 7.64. The molecule has 6 heteroatoms. The van der Waals surface area contributed by atoms with Crippen LogP contribution >= 0.6 is 0 Å². The maximum Gasteiger partial charge on any atom is 0.0958 e. The van der Waals surface area contributed by atoms with Crippen molar-refractivity contribution in [3.8, 4) is 0 Å². The molecule has 1 saturated heterocycles. The van der Waals surface area contributed by atoms with Crippen molar-refractivity contribution in [2.24, 2.45) is 0 Å². The molecule has 0 radical (unpaired) electrons. The summed E-state index contributed by atoms with van der Waals surface area (Å²) in [6, 6.07) is 8.67. The van der Waals surface area contributed by atoms with Gasteiger partial charge in [0.25, 0.3) is 0 Å². The smallest absolute Gasteiger partial charge is 0.0958 e. The van der Waals surface area contributed by atoms with Crippen LogP contribution < -0.4 is 0 Å². The van der Waals surface area contributed by atoms with Gasteiger partial charge in [-0.2, -0.15) is 0 Å². The van der Waals surface area contributed by atoms with Crippen molar-refractivity contribution in [1.82, 2.24) is 14.5 Å². The molecule has 1 aromatic heterocycles. The van der Waals surface area contributed by atoms with Gasteiger partial charge >= 0.3 is 0 Å². The van der Waals surface area contributed by atoms with Crippen molar-refractivity contribution < 1.29 is 14.6 Å². The predicted molar refractivity (Wildman–Crippen MR) is 100 cm³/mol. The number of likely N-dealkylation sites (tertiary alicyclic amines) is 1. The van der Waals surface area contributed by atoms with E-state index in [0.717, 1.165) is 50.8 Å². The minimum absolute atomic E-state index is 0.0317. The van der Waals surface area contributed by atoms with E-state index in [1.165, 1.54) is 5.52 Å². The summed E-state index contributed by atoms with van der Waals surface area (Å²) in [6.07, 6.45) is 6.30. The molecule has 2 aliphatic rings. The van der Waals surface area contributed by atoms with E-state index >= 15 is 0 Å². The fraction of sp³-hybridized carbons (Fsp3) is 0.650. The Morgan fingerprint density at radius 1 is 1.27 bits per heavy atom. The number of aliphatic hydroxyl groups is 1. The van der Waals surface area contributed by atoms with Gasteiger partial charge in [0, 0.05) is 32.8 Å². The van der Waals surface area contributed by atoms with Gasteiger partial charge in [-0.25, -0.2) is 4.98 Å². The van der Waals surface area contributed by atoms with E-state index in [0.29, 0.717) is 12.6 Å². The zero-order valence-corrected chi connectivity index (χ0v) is 15.5. The van der Waals surface area contributed by atoms with E-state index in [-0.39, 0.29) is 18.3 Å². The van der Waals surface area contributed by atoms with Crippen molar-refractivity contribution >= 4 is 11.0 Å². The van der Waals surface area contributed by atoms with Gasteiger partial charge in [0.05, 0.1) is 42.3 Å². The van der Waals surface area contributed by atoms with Crippen molar-refractivity contribution in [3.05, 3.63) is 30.6 Å². The molecular formula is C20H29N3O3. The SMILES string of the molecule is CO[C@@]12CC[C@H](OCCO)C[C@@H]1N(CCn1cnc3ccccc31)CC2. The van der Waals surface area contributed by atoms with Crippen molar-refractivity contribution in [3.63, 3.8) is 0 Å². The highest BCUT2D eigenvalue weighted by Gasteiger charge is 2.50. The van der Waals surface area contributed by atoms with Crippen molar-refractivity contribution in [2.45, 2.75) is 50.0 Å². The number of hydrogen-bond donors (Lipinski definition) is 1. The summed E-state index contributed by atoms with van der Waals surface area (Å²) in [5.74, 6) is 0. The summed E-state index contributed by atoms with van der Waals surface area (Å²) < 4.78 is 14.1. The highest BCUT2D eigenvalue weighted by molar-refractivity contribution is 5.74. The average Bonchev–Trinajstić information content (AvgIpc) is 3.26. The van der Waals surface area contributed by atoms with E-state index in [1.54, 1.807) is 0 Å². The Hall–Kier alpha value is -1.47. The third kappa shape index (κ3) is 3.27. The molecule has 1 aliphatic carbocycles. The lowest BCUT2D eigenvalue weighted by molar-refractivity contribution is -0.103. The molecule has 0 spiro atoms. The van der Waals surface area contributed by atoms with E-state index < -0.39 is 0 Å². The minimum Gasteiger partial charge on any atom is -0.394 e. The lowest BCUT2D eigenvalue weighted by Gasteiger charge is -2.43. The Bertz CT molecular complexity index is 734. The Labute approximate surface area is 154 Å². The molecule has 2 aromatic rings. The fourth-order valence-electron chi connectivity index (χ4n) is 4.82. The highest BCUT2D eigenvalue weighted by atomic mass is 16.5. The molecule has 3 atom stereocenters. The van der Waals surface area contributed by atoms with Crippen LogP contribution in [-0.4, -0.2) is 70.7 Å². The number of methoxy groups -OCH3 is 1. The average molecular weight is 359 g/mol. The van der Waals surface area contributed by atoms with E-state index in [4.69, 9.17) is 14.6 Å². The quantitative estimate of drug-likeness (QED) is 0.820.